The number of aromatic hydroxyl groups is 1. The number of piperidine rings is 1. The molecule has 6 N–H and O–H groups in total. The molecule has 12 heteroatoms. The van der Waals surface area contributed by atoms with E-state index in [-0.39, 0.29) is 47.2 Å². The largest absolute Gasteiger partial charge is 0.506 e. The number of aliphatic hydroxyl groups is 1. The molecule has 0 radical (unpaired) electrons. The number of para-hydroxylation sites is 1. The van der Waals surface area contributed by atoms with Crippen LogP contribution >= 0.6 is 0 Å². The van der Waals surface area contributed by atoms with E-state index in [1.165, 1.54) is 12.1 Å². The third kappa shape index (κ3) is 9.82. The van der Waals surface area contributed by atoms with E-state index in [1.807, 2.05) is 54.6 Å². The number of nitrogens with one attached hydrogen (secondary N) is 4. The second kappa shape index (κ2) is 17.8. The Balaban J connectivity index is 0.775. The molecule has 3 heterocycles. The van der Waals surface area contributed by atoms with Gasteiger partial charge in [0, 0.05) is 42.7 Å². The Bertz CT molecular complexity index is 2120. The van der Waals surface area contributed by atoms with Crippen molar-refractivity contribution >= 4 is 28.6 Å². The lowest BCUT2D eigenvalue weighted by Crippen LogP contribution is -2.40. The summed E-state index contributed by atoms with van der Waals surface area (Å²) in [4.78, 5) is 42.6. The Morgan fingerprint density at radius 2 is 1.65 bits per heavy atom. The molecule has 7 rings (SSSR count). The average molecular weight is 748 g/mol. The summed E-state index contributed by atoms with van der Waals surface area (Å²) in [5.74, 6) is 1.17. The summed E-state index contributed by atoms with van der Waals surface area (Å²) in [6, 6.07) is 27.3. The lowest BCUT2D eigenvalue weighted by atomic mass is 9.84. The molecule has 1 unspecified atom stereocenters. The Labute approximate surface area is 319 Å². The van der Waals surface area contributed by atoms with E-state index < -0.39 is 12.2 Å². The zero-order valence-corrected chi connectivity index (χ0v) is 30.8. The molecule has 55 heavy (non-hydrogen) atoms. The fourth-order valence-corrected chi connectivity index (χ4v) is 7.81. The number of aromatic amines is 1. The third-order valence-corrected chi connectivity index (χ3v) is 10.9. The first kappa shape index (κ1) is 37.9. The second-order valence-corrected chi connectivity index (χ2v) is 14.7. The Hall–Kier alpha value is -5.43. The summed E-state index contributed by atoms with van der Waals surface area (Å²) >= 11 is 0. The number of aromatic nitrogens is 1. The predicted octanol–water partition coefficient (Wildman–Crippen LogP) is 6.71. The normalized spacial score (nSPS) is 18.5. The van der Waals surface area contributed by atoms with E-state index in [2.05, 4.69) is 25.8 Å². The molecule has 1 atom stereocenters. The molecule has 2 fully saturated rings. The first-order valence-corrected chi connectivity index (χ1v) is 19.3. The van der Waals surface area contributed by atoms with E-state index in [1.54, 1.807) is 24.3 Å². The molecule has 5 aromatic rings. The third-order valence-electron chi connectivity index (χ3n) is 10.9. The number of aliphatic hydroxyl groups excluding tert-OH is 1. The van der Waals surface area contributed by atoms with Gasteiger partial charge >= 0.3 is 6.09 Å². The van der Waals surface area contributed by atoms with E-state index in [4.69, 9.17) is 9.15 Å². The molecule has 288 valence electrons. The van der Waals surface area contributed by atoms with Crippen LogP contribution in [0.4, 0.5) is 10.5 Å². The van der Waals surface area contributed by atoms with Gasteiger partial charge in [0.1, 0.15) is 17.6 Å². The number of H-pyrrole nitrogens is 1. The number of hydrogen-bond acceptors (Lipinski definition) is 9. The van der Waals surface area contributed by atoms with Gasteiger partial charge < -0.3 is 39.9 Å². The van der Waals surface area contributed by atoms with Crippen LogP contribution in [-0.2, 0) is 11.3 Å². The molecule has 0 bridgehead atoms. The maximum atomic E-state index is 13.0. The molecule has 0 spiro atoms. The highest BCUT2D eigenvalue weighted by Gasteiger charge is 2.27. The maximum Gasteiger partial charge on any atom is 0.411 e. The van der Waals surface area contributed by atoms with Crippen LogP contribution in [0.25, 0.3) is 22.0 Å². The molecule has 1 saturated carbocycles. The highest BCUT2D eigenvalue weighted by molar-refractivity contribution is 5.92. The van der Waals surface area contributed by atoms with Gasteiger partial charge in [0.05, 0.1) is 23.9 Å². The van der Waals surface area contributed by atoms with Crippen molar-refractivity contribution in [1.29, 1.82) is 0 Å². The van der Waals surface area contributed by atoms with Crippen molar-refractivity contribution in [2.45, 2.75) is 69.7 Å². The van der Waals surface area contributed by atoms with Crippen molar-refractivity contribution in [1.82, 2.24) is 20.5 Å². The van der Waals surface area contributed by atoms with Gasteiger partial charge in [0.25, 0.3) is 5.91 Å². The molecule has 3 aromatic carbocycles. The van der Waals surface area contributed by atoms with Crippen LogP contribution < -0.4 is 21.5 Å². The maximum absolute atomic E-state index is 13.0. The van der Waals surface area contributed by atoms with Crippen LogP contribution in [0.5, 0.6) is 5.75 Å². The molecule has 1 aliphatic carbocycles. The molecule has 1 aliphatic heterocycles. The Kier molecular flexibility index (Phi) is 12.3. The van der Waals surface area contributed by atoms with Gasteiger partial charge in [-0.25, -0.2) is 4.79 Å². The van der Waals surface area contributed by atoms with E-state index in [9.17, 15) is 24.6 Å². The number of rotatable bonds is 13. The molecular formula is C43H49N5O7. The first-order valence-electron chi connectivity index (χ1n) is 19.3. The molecule has 12 nitrogen and oxygen atoms in total. The Morgan fingerprint density at radius 1 is 0.891 bits per heavy atom. The minimum absolute atomic E-state index is 0.0626. The van der Waals surface area contributed by atoms with E-state index in [0.717, 1.165) is 81.4 Å². The number of ether oxygens (including phenoxy) is 1. The number of fused-ring (bicyclic) bond motifs is 1. The lowest BCUT2D eigenvalue weighted by molar-refractivity contribution is 0.0563. The number of amides is 2. The van der Waals surface area contributed by atoms with Crippen LogP contribution in [0.2, 0.25) is 0 Å². The summed E-state index contributed by atoms with van der Waals surface area (Å²) in [6.07, 6.45) is 5.35. The number of anilines is 1. The summed E-state index contributed by atoms with van der Waals surface area (Å²) in [7, 11) is 0. The molecule has 2 amide bonds. The van der Waals surface area contributed by atoms with E-state index in [0.29, 0.717) is 29.2 Å². The van der Waals surface area contributed by atoms with Crippen molar-refractivity contribution < 1.29 is 29.0 Å². The number of phenolic OH excluding ortho intramolecular Hbond substituents is 1. The van der Waals surface area contributed by atoms with Gasteiger partial charge in [0.2, 0.25) is 5.56 Å². The molecule has 2 aliphatic rings. The van der Waals surface area contributed by atoms with Crippen LogP contribution in [0.1, 0.15) is 72.9 Å². The fraction of sp³-hybridized carbons (Fsp3) is 0.372. The van der Waals surface area contributed by atoms with Crippen molar-refractivity contribution in [2.75, 3.05) is 31.5 Å². The van der Waals surface area contributed by atoms with E-state index >= 15 is 0 Å². The zero-order valence-electron chi connectivity index (χ0n) is 30.8. The van der Waals surface area contributed by atoms with Crippen LogP contribution in [0, 0.1) is 5.92 Å². The Morgan fingerprint density at radius 3 is 2.45 bits per heavy atom. The van der Waals surface area contributed by atoms with Gasteiger partial charge in [-0.15, -0.1) is 0 Å². The van der Waals surface area contributed by atoms with Gasteiger partial charge in [-0.1, -0.05) is 54.6 Å². The monoisotopic (exact) mass is 747 g/mol. The summed E-state index contributed by atoms with van der Waals surface area (Å²) in [6.45, 7) is 3.35. The van der Waals surface area contributed by atoms with Gasteiger partial charge in [-0.3, -0.25) is 14.9 Å². The van der Waals surface area contributed by atoms with Crippen molar-refractivity contribution in [3.05, 3.63) is 118 Å². The number of benzene rings is 3. The standard InChI is InChI=1S/C43H49N5O7/c49-37-17-15-34(35-16-19-40(51)47-41(35)37)38(50)27-44-26-32-14-18-39(54-32)42(52)45-30-12-10-28(11-13-30)20-23-48-24-21-31(22-25-48)55-43(53)46-36-9-5-4-8-33(36)29-6-2-1-3-7-29/h1-9,14-19,28,30-31,38,44,49-50H,10-13,20-27H2,(H,45,52)(H,46,53)(H,47,51). The summed E-state index contributed by atoms with van der Waals surface area (Å²) in [5, 5.41) is 30.7. The highest BCUT2D eigenvalue weighted by atomic mass is 16.6. The van der Waals surface area contributed by atoms with Crippen molar-refractivity contribution in [2.24, 2.45) is 5.92 Å². The fourth-order valence-electron chi connectivity index (χ4n) is 7.81. The van der Waals surface area contributed by atoms with Crippen LogP contribution in [0.3, 0.4) is 0 Å². The molecule has 2 aromatic heterocycles. The summed E-state index contributed by atoms with van der Waals surface area (Å²) in [5.41, 5.74) is 3.25. The number of nitrogens with zero attached hydrogens (tertiary/aromatic N) is 1. The molecule has 1 saturated heterocycles. The van der Waals surface area contributed by atoms with Crippen molar-refractivity contribution in [3.8, 4) is 16.9 Å². The number of furan rings is 1. The minimum Gasteiger partial charge on any atom is -0.506 e. The average Bonchev–Trinajstić information content (AvgIpc) is 3.68. The number of pyridine rings is 1. The SMILES string of the molecule is O=C(Nc1ccccc1-c1ccccc1)OC1CCN(CCC2CCC(NC(=O)c3ccc(CNCC(O)c4ccc(O)c5[nH]c(=O)ccc45)o3)CC2)CC1. The first-order chi connectivity index (χ1) is 26.8. The predicted molar refractivity (Wildman–Crippen MR) is 211 cm³/mol. The van der Waals surface area contributed by atoms with Crippen molar-refractivity contribution in [3.63, 3.8) is 0 Å². The second-order valence-electron chi connectivity index (χ2n) is 14.7. The topological polar surface area (TPSA) is 169 Å². The van der Waals surface area contributed by atoms with Crippen LogP contribution in [0.15, 0.2) is 100 Å². The van der Waals surface area contributed by atoms with Gasteiger partial charge in [-0.05, 0) is 98.9 Å². The van der Waals surface area contributed by atoms with Gasteiger partial charge in [0.15, 0.2) is 5.76 Å². The number of likely N-dealkylation sites (tertiary alicyclic amines) is 1. The quantitative estimate of drug-likeness (QED) is 0.0767. The van der Waals surface area contributed by atoms with Gasteiger partial charge in [-0.2, -0.15) is 0 Å². The van der Waals surface area contributed by atoms with Crippen LogP contribution in [-0.4, -0.2) is 70.4 Å². The number of carbonyl (C=O) groups excluding carboxylic acids is 2. The number of phenols is 1. The minimum atomic E-state index is -0.899. The number of carbonyl (C=O) groups is 2. The molecular weight excluding hydrogens is 699 g/mol. The zero-order chi connectivity index (χ0) is 38.1. The lowest BCUT2D eigenvalue weighted by Gasteiger charge is -2.34. The number of hydrogen-bond donors (Lipinski definition) is 6. The highest BCUT2D eigenvalue weighted by Crippen LogP contribution is 2.31. The smallest absolute Gasteiger partial charge is 0.411 e. The summed E-state index contributed by atoms with van der Waals surface area (Å²) < 4.78 is 11.6.